The lowest BCUT2D eigenvalue weighted by molar-refractivity contribution is -0.139. The van der Waals surface area contributed by atoms with Crippen molar-refractivity contribution in [3.05, 3.63) is 30.1 Å². The number of urea groups is 1. The summed E-state index contributed by atoms with van der Waals surface area (Å²) in [6.07, 6.45) is 0.471. The summed E-state index contributed by atoms with van der Waals surface area (Å²) in [4.78, 5) is 24.8. The molecule has 0 radical (unpaired) electrons. The SMILES string of the molecule is CC(=O)C1(O)CCN(C(=O)Nc2ccc(F)cc2)CC1. The standard InChI is InChI=1S/C14H17FN2O3/c1-10(18)14(20)6-8-17(9-7-14)13(19)16-12-4-2-11(15)3-5-12/h2-5,20H,6-9H2,1H3,(H,16,19). The number of likely N-dealkylation sites (tertiary alicyclic amines) is 1. The second kappa shape index (κ2) is 5.58. The molecule has 1 aliphatic heterocycles. The number of amides is 2. The number of rotatable bonds is 2. The Kier molecular flexibility index (Phi) is 4.04. The molecule has 6 heteroatoms. The molecule has 0 bridgehead atoms. The molecule has 2 N–H and O–H groups in total. The summed E-state index contributed by atoms with van der Waals surface area (Å²) >= 11 is 0. The van der Waals surface area contributed by atoms with Crippen molar-refractivity contribution in [2.75, 3.05) is 18.4 Å². The van der Waals surface area contributed by atoms with E-state index in [0.29, 0.717) is 18.8 Å². The van der Waals surface area contributed by atoms with Crippen LogP contribution in [0.3, 0.4) is 0 Å². The lowest BCUT2D eigenvalue weighted by Gasteiger charge is -2.36. The number of nitrogens with zero attached hydrogens (tertiary/aromatic N) is 1. The van der Waals surface area contributed by atoms with Crippen molar-refractivity contribution in [1.29, 1.82) is 0 Å². The summed E-state index contributed by atoms with van der Waals surface area (Å²) in [5, 5.41) is 12.7. The van der Waals surface area contributed by atoms with Gasteiger partial charge in [-0.2, -0.15) is 0 Å². The molecular formula is C14H17FN2O3. The van der Waals surface area contributed by atoms with Crippen LogP contribution >= 0.6 is 0 Å². The second-order valence-electron chi connectivity index (χ2n) is 5.01. The van der Waals surface area contributed by atoms with Gasteiger partial charge in [-0.3, -0.25) is 4.79 Å². The number of hydrogen-bond acceptors (Lipinski definition) is 3. The maximum Gasteiger partial charge on any atom is 0.321 e. The Hall–Kier alpha value is -1.95. The number of ketones is 1. The lowest BCUT2D eigenvalue weighted by Crippen LogP contribution is -2.51. The van der Waals surface area contributed by atoms with E-state index in [4.69, 9.17) is 0 Å². The van der Waals surface area contributed by atoms with E-state index in [0.717, 1.165) is 0 Å². The van der Waals surface area contributed by atoms with Crippen LogP contribution in [0.15, 0.2) is 24.3 Å². The predicted molar refractivity (Wildman–Crippen MR) is 71.9 cm³/mol. The first kappa shape index (κ1) is 14.5. The molecule has 1 aliphatic rings. The van der Waals surface area contributed by atoms with Crippen LogP contribution in [0.1, 0.15) is 19.8 Å². The Morgan fingerprint density at radius 1 is 1.25 bits per heavy atom. The molecule has 0 aliphatic carbocycles. The number of halogens is 1. The number of Topliss-reactive ketones (excluding diaryl/α,β-unsaturated/α-hetero) is 1. The monoisotopic (exact) mass is 280 g/mol. The molecule has 0 saturated carbocycles. The van der Waals surface area contributed by atoms with Crippen molar-refractivity contribution >= 4 is 17.5 Å². The van der Waals surface area contributed by atoms with Crippen molar-refractivity contribution < 1.29 is 19.1 Å². The average molecular weight is 280 g/mol. The largest absolute Gasteiger partial charge is 0.382 e. The topological polar surface area (TPSA) is 69.6 Å². The summed E-state index contributed by atoms with van der Waals surface area (Å²) < 4.78 is 12.8. The number of nitrogens with one attached hydrogen (secondary N) is 1. The van der Waals surface area contributed by atoms with Gasteiger partial charge < -0.3 is 15.3 Å². The van der Waals surface area contributed by atoms with Gasteiger partial charge in [-0.15, -0.1) is 0 Å². The van der Waals surface area contributed by atoms with E-state index < -0.39 is 5.60 Å². The third kappa shape index (κ3) is 3.14. The van der Waals surface area contributed by atoms with Crippen LogP contribution in [0.5, 0.6) is 0 Å². The minimum absolute atomic E-state index is 0.235. The van der Waals surface area contributed by atoms with Crippen LogP contribution in [-0.2, 0) is 4.79 Å². The number of aliphatic hydroxyl groups is 1. The van der Waals surface area contributed by atoms with Gasteiger partial charge in [-0.1, -0.05) is 0 Å². The first-order valence-corrected chi connectivity index (χ1v) is 6.46. The minimum Gasteiger partial charge on any atom is -0.382 e. The van der Waals surface area contributed by atoms with Crippen LogP contribution in [0, 0.1) is 5.82 Å². The van der Waals surface area contributed by atoms with Gasteiger partial charge in [0.05, 0.1) is 0 Å². The van der Waals surface area contributed by atoms with Gasteiger partial charge in [0.2, 0.25) is 0 Å². The highest BCUT2D eigenvalue weighted by molar-refractivity contribution is 5.90. The highest BCUT2D eigenvalue weighted by Gasteiger charge is 2.37. The number of carbonyl (C=O) groups is 2. The molecule has 0 unspecified atom stereocenters. The van der Waals surface area contributed by atoms with E-state index in [1.54, 1.807) is 0 Å². The van der Waals surface area contributed by atoms with Crippen LogP contribution in [-0.4, -0.2) is 40.5 Å². The molecule has 20 heavy (non-hydrogen) atoms. The van der Waals surface area contributed by atoms with Gasteiger partial charge >= 0.3 is 6.03 Å². The molecular weight excluding hydrogens is 263 g/mol. The number of benzene rings is 1. The van der Waals surface area contributed by atoms with Crippen LogP contribution in [0.25, 0.3) is 0 Å². The van der Waals surface area contributed by atoms with Crippen molar-refractivity contribution in [1.82, 2.24) is 4.90 Å². The first-order chi connectivity index (χ1) is 9.40. The summed E-state index contributed by atoms with van der Waals surface area (Å²) in [5.41, 5.74) is -0.809. The van der Waals surface area contributed by atoms with Gasteiger partial charge in [0.1, 0.15) is 11.4 Å². The smallest absolute Gasteiger partial charge is 0.321 e. The van der Waals surface area contributed by atoms with Gasteiger partial charge in [0, 0.05) is 31.6 Å². The Morgan fingerprint density at radius 2 is 1.80 bits per heavy atom. The average Bonchev–Trinajstić information content (AvgIpc) is 2.42. The highest BCUT2D eigenvalue weighted by Crippen LogP contribution is 2.23. The summed E-state index contributed by atoms with van der Waals surface area (Å²) in [6, 6.07) is 5.16. The Labute approximate surface area is 116 Å². The third-order valence-electron chi connectivity index (χ3n) is 3.63. The molecule has 0 atom stereocenters. The number of anilines is 1. The number of carbonyl (C=O) groups excluding carboxylic acids is 2. The van der Waals surface area contributed by atoms with E-state index >= 15 is 0 Å². The van der Waals surface area contributed by atoms with Crippen LogP contribution < -0.4 is 5.32 Å². The van der Waals surface area contributed by atoms with Crippen molar-refractivity contribution in [2.45, 2.75) is 25.4 Å². The Bertz CT molecular complexity index is 508. The molecule has 0 spiro atoms. The third-order valence-corrected chi connectivity index (χ3v) is 3.63. The van der Waals surface area contributed by atoms with Gasteiger partial charge in [-0.05, 0) is 31.2 Å². The van der Waals surface area contributed by atoms with Crippen molar-refractivity contribution in [3.63, 3.8) is 0 Å². The van der Waals surface area contributed by atoms with E-state index in [9.17, 15) is 19.1 Å². The molecule has 2 rings (SSSR count). The zero-order valence-electron chi connectivity index (χ0n) is 11.2. The fourth-order valence-corrected chi connectivity index (χ4v) is 2.17. The number of hydrogen-bond donors (Lipinski definition) is 2. The molecule has 0 aromatic heterocycles. The quantitative estimate of drug-likeness (QED) is 0.867. The maximum absolute atomic E-state index is 12.8. The van der Waals surface area contributed by atoms with Crippen LogP contribution in [0.2, 0.25) is 0 Å². The lowest BCUT2D eigenvalue weighted by atomic mass is 9.88. The maximum atomic E-state index is 12.8. The highest BCUT2D eigenvalue weighted by atomic mass is 19.1. The van der Waals surface area contributed by atoms with Gasteiger partial charge in [0.15, 0.2) is 5.78 Å². The van der Waals surface area contributed by atoms with Gasteiger partial charge in [0.25, 0.3) is 0 Å². The molecule has 1 aromatic rings. The zero-order chi connectivity index (χ0) is 14.8. The molecule has 1 saturated heterocycles. The first-order valence-electron chi connectivity index (χ1n) is 6.46. The molecule has 1 fully saturated rings. The summed E-state index contributed by atoms with van der Waals surface area (Å²) in [7, 11) is 0. The van der Waals surface area contributed by atoms with Crippen LogP contribution in [0.4, 0.5) is 14.9 Å². The van der Waals surface area contributed by atoms with Gasteiger partial charge in [-0.25, -0.2) is 9.18 Å². The molecule has 2 amide bonds. The number of piperidine rings is 1. The minimum atomic E-state index is -1.31. The zero-order valence-corrected chi connectivity index (χ0v) is 11.2. The van der Waals surface area contributed by atoms with E-state index in [1.165, 1.54) is 36.1 Å². The molecule has 5 nitrogen and oxygen atoms in total. The van der Waals surface area contributed by atoms with Crippen molar-refractivity contribution in [3.8, 4) is 0 Å². The van der Waals surface area contributed by atoms with E-state index in [2.05, 4.69) is 5.32 Å². The predicted octanol–water partition coefficient (Wildman–Crippen LogP) is 1.77. The van der Waals surface area contributed by atoms with E-state index in [-0.39, 0.29) is 30.5 Å². The summed E-state index contributed by atoms with van der Waals surface area (Å²) in [5.74, 6) is -0.636. The molecule has 108 valence electrons. The van der Waals surface area contributed by atoms with Crippen molar-refractivity contribution in [2.24, 2.45) is 0 Å². The fourth-order valence-electron chi connectivity index (χ4n) is 2.17. The summed E-state index contributed by atoms with van der Waals surface area (Å²) in [6.45, 7) is 1.97. The molecule has 1 aromatic carbocycles. The molecule has 1 heterocycles. The second-order valence-corrected chi connectivity index (χ2v) is 5.01. The Morgan fingerprint density at radius 3 is 2.30 bits per heavy atom. The fraction of sp³-hybridized carbons (Fsp3) is 0.429. The van der Waals surface area contributed by atoms with E-state index in [1.807, 2.05) is 0 Å². The Balaban J connectivity index is 1.92. The normalized spacial score (nSPS) is 17.6.